The van der Waals surface area contributed by atoms with Crippen LogP contribution in [0.1, 0.15) is 13.8 Å². The molecular weight excluding hydrogens is 356 g/mol. The normalized spacial score (nSPS) is 20.7. The summed E-state index contributed by atoms with van der Waals surface area (Å²) in [5.41, 5.74) is 1.26. The van der Waals surface area contributed by atoms with Crippen molar-refractivity contribution in [3.8, 4) is 11.3 Å². The number of hydrogen-bond acceptors (Lipinski definition) is 7. The maximum atomic E-state index is 12.3. The van der Waals surface area contributed by atoms with Gasteiger partial charge in [-0.2, -0.15) is 0 Å². The second kappa shape index (κ2) is 7.90. The average molecular weight is 376 g/mol. The van der Waals surface area contributed by atoms with Crippen LogP contribution < -0.4 is 5.32 Å². The monoisotopic (exact) mass is 376 g/mol. The van der Waals surface area contributed by atoms with E-state index in [1.807, 2.05) is 13.8 Å². The van der Waals surface area contributed by atoms with Crippen molar-refractivity contribution in [1.29, 1.82) is 0 Å². The molecule has 1 amide bonds. The number of anilines is 1. The quantitative estimate of drug-likeness (QED) is 0.636. The summed E-state index contributed by atoms with van der Waals surface area (Å²) in [5, 5.41) is 15.9. The minimum atomic E-state index is -0.442. The van der Waals surface area contributed by atoms with Crippen molar-refractivity contribution in [2.24, 2.45) is 0 Å². The zero-order chi connectivity index (χ0) is 18.7. The van der Waals surface area contributed by atoms with Crippen LogP contribution in [0.3, 0.4) is 0 Å². The molecule has 0 aliphatic carbocycles. The number of amides is 1. The predicted octanol–water partition coefficient (Wildman–Crippen LogP) is 2.77. The summed E-state index contributed by atoms with van der Waals surface area (Å²) in [4.78, 5) is 29.1. The smallest absolute Gasteiger partial charge is 0.270 e. The number of hydrogen-bond donors (Lipinski definition) is 1. The second-order valence-electron chi connectivity index (χ2n) is 6.34. The molecule has 2 heterocycles. The maximum absolute atomic E-state index is 12.3. The van der Waals surface area contributed by atoms with E-state index in [1.54, 1.807) is 17.5 Å². The first-order chi connectivity index (χ1) is 12.4. The molecule has 0 radical (unpaired) electrons. The van der Waals surface area contributed by atoms with Crippen LogP contribution in [0.4, 0.5) is 10.8 Å². The van der Waals surface area contributed by atoms with Gasteiger partial charge in [0.15, 0.2) is 5.13 Å². The van der Waals surface area contributed by atoms with Crippen LogP contribution in [0.15, 0.2) is 29.6 Å². The zero-order valence-corrected chi connectivity index (χ0v) is 15.4. The molecule has 26 heavy (non-hydrogen) atoms. The van der Waals surface area contributed by atoms with Gasteiger partial charge in [-0.05, 0) is 13.8 Å². The highest BCUT2D eigenvalue weighted by Crippen LogP contribution is 2.27. The number of aromatic nitrogens is 1. The van der Waals surface area contributed by atoms with Crippen molar-refractivity contribution in [2.45, 2.75) is 26.1 Å². The first-order valence-electron chi connectivity index (χ1n) is 8.28. The van der Waals surface area contributed by atoms with Crippen LogP contribution in [-0.4, -0.2) is 52.6 Å². The third-order valence-corrected chi connectivity index (χ3v) is 4.72. The van der Waals surface area contributed by atoms with Crippen LogP contribution in [0, 0.1) is 10.1 Å². The number of carbonyl (C=O) groups excluding carboxylic acids is 1. The predicted molar refractivity (Wildman–Crippen MR) is 99.3 cm³/mol. The molecule has 138 valence electrons. The van der Waals surface area contributed by atoms with Gasteiger partial charge >= 0.3 is 0 Å². The Kier molecular flexibility index (Phi) is 5.60. The highest BCUT2D eigenvalue weighted by atomic mass is 32.1. The van der Waals surface area contributed by atoms with Gasteiger partial charge in [0.25, 0.3) is 5.69 Å². The van der Waals surface area contributed by atoms with E-state index in [1.165, 1.54) is 23.5 Å². The molecule has 0 bridgehead atoms. The molecule has 1 fully saturated rings. The van der Waals surface area contributed by atoms with Gasteiger partial charge in [-0.1, -0.05) is 12.1 Å². The largest absolute Gasteiger partial charge is 0.373 e. The maximum Gasteiger partial charge on any atom is 0.270 e. The minimum Gasteiger partial charge on any atom is -0.373 e. The third kappa shape index (κ3) is 4.63. The lowest BCUT2D eigenvalue weighted by Gasteiger charge is -2.34. The number of nitro benzene ring substituents is 1. The van der Waals surface area contributed by atoms with Crippen LogP contribution >= 0.6 is 11.3 Å². The molecule has 1 aromatic carbocycles. The number of morpholine rings is 1. The van der Waals surface area contributed by atoms with E-state index in [9.17, 15) is 14.9 Å². The van der Waals surface area contributed by atoms with Crippen molar-refractivity contribution in [1.82, 2.24) is 9.88 Å². The molecule has 1 N–H and O–H groups in total. The van der Waals surface area contributed by atoms with Crippen molar-refractivity contribution < 1.29 is 14.5 Å². The Bertz CT molecular complexity index is 800. The van der Waals surface area contributed by atoms with E-state index < -0.39 is 4.92 Å². The van der Waals surface area contributed by atoms with E-state index in [4.69, 9.17) is 4.74 Å². The van der Waals surface area contributed by atoms with Gasteiger partial charge in [-0.25, -0.2) is 4.98 Å². The number of nitrogens with one attached hydrogen (secondary N) is 1. The van der Waals surface area contributed by atoms with Crippen molar-refractivity contribution in [3.63, 3.8) is 0 Å². The zero-order valence-electron chi connectivity index (χ0n) is 14.5. The fraction of sp³-hybridized carbons (Fsp3) is 0.412. The fourth-order valence-electron chi connectivity index (χ4n) is 3.02. The topological polar surface area (TPSA) is 97.6 Å². The Morgan fingerprint density at radius 1 is 1.42 bits per heavy atom. The molecule has 1 aromatic heterocycles. The number of benzene rings is 1. The number of nitrogens with zero attached hydrogens (tertiary/aromatic N) is 3. The number of nitro groups is 1. The summed E-state index contributed by atoms with van der Waals surface area (Å²) in [6, 6.07) is 6.27. The number of ether oxygens (including phenoxy) is 1. The molecule has 8 nitrogen and oxygen atoms in total. The van der Waals surface area contributed by atoms with E-state index in [2.05, 4.69) is 15.2 Å². The molecule has 1 saturated heterocycles. The molecular formula is C17H20N4O4S. The van der Waals surface area contributed by atoms with Crippen molar-refractivity contribution in [2.75, 3.05) is 25.0 Å². The van der Waals surface area contributed by atoms with Crippen LogP contribution in [0.25, 0.3) is 11.3 Å². The Hall–Kier alpha value is -2.36. The molecule has 9 heteroatoms. The molecule has 0 saturated carbocycles. The van der Waals surface area contributed by atoms with Gasteiger partial charge < -0.3 is 10.1 Å². The van der Waals surface area contributed by atoms with Gasteiger partial charge in [-0.15, -0.1) is 11.3 Å². The number of thiazole rings is 1. The molecule has 1 aliphatic rings. The average Bonchev–Trinajstić information content (AvgIpc) is 3.02. The second-order valence-corrected chi connectivity index (χ2v) is 7.20. The molecule has 3 rings (SSSR count). The Balaban J connectivity index is 1.62. The molecule has 0 spiro atoms. The fourth-order valence-corrected chi connectivity index (χ4v) is 3.75. The van der Waals surface area contributed by atoms with Crippen molar-refractivity contribution in [3.05, 3.63) is 39.8 Å². The van der Waals surface area contributed by atoms with E-state index in [-0.39, 0.29) is 30.3 Å². The SMILES string of the molecule is C[C@@H]1CN(CC(=O)Nc2nc(-c3cccc([N+](=O)[O-])c3)cs2)C[C@H](C)O1. The van der Waals surface area contributed by atoms with E-state index >= 15 is 0 Å². The van der Waals surface area contributed by atoms with Gasteiger partial charge in [0.2, 0.25) is 5.91 Å². The summed E-state index contributed by atoms with van der Waals surface area (Å²) in [7, 11) is 0. The van der Waals surface area contributed by atoms with Gasteiger partial charge in [-0.3, -0.25) is 19.8 Å². The number of rotatable bonds is 5. The highest BCUT2D eigenvalue weighted by molar-refractivity contribution is 7.14. The number of non-ortho nitro benzene ring substituents is 1. The lowest BCUT2D eigenvalue weighted by atomic mass is 10.1. The first-order valence-corrected chi connectivity index (χ1v) is 9.16. The summed E-state index contributed by atoms with van der Waals surface area (Å²) < 4.78 is 5.66. The Morgan fingerprint density at radius 3 is 2.85 bits per heavy atom. The summed E-state index contributed by atoms with van der Waals surface area (Å²) >= 11 is 1.29. The van der Waals surface area contributed by atoms with Crippen LogP contribution in [0.5, 0.6) is 0 Å². The highest BCUT2D eigenvalue weighted by Gasteiger charge is 2.24. The van der Waals surface area contributed by atoms with E-state index in [0.717, 1.165) is 0 Å². The lowest BCUT2D eigenvalue weighted by molar-refractivity contribution is -0.384. The summed E-state index contributed by atoms with van der Waals surface area (Å²) in [5.74, 6) is -0.133. The van der Waals surface area contributed by atoms with Gasteiger partial charge in [0.05, 0.1) is 29.4 Å². The minimum absolute atomic E-state index is 0.0108. The standard InChI is InChI=1S/C17H20N4O4S/c1-11-7-20(8-12(2)25-11)9-16(22)19-17-18-15(10-26-17)13-4-3-5-14(6-13)21(23)24/h3-6,10-12H,7-9H2,1-2H3,(H,18,19,22)/t11-,12+. The van der Waals surface area contributed by atoms with E-state index in [0.29, 0.717) is 29.5 Å². The lowest BCUT2D eigenvalue weighted by Crippen LogP contribution is -2.48. The van der Waals surface area contributed by atoms with Gasteiger partial charge in [0, 0.05) is 36.2 Å². The molecule has 2 aromatic rings. The molecule has 2 atom stereocenters. The molecule has 0 unspecified atom stereocenters. The van der Waals surface area contributed by atoms with Crippen LogP contribution in [0.2, 0.25) is 0 Å². The number of carbonyl (C=O) groups is 1. The first kappa shape index (κ1) is 18.4. The van der Waals surface area contributed by atoms with Gasteiger partial charge in [0.1, 0.15) is 0 Å². The van der Waals surface area contributed by atoms with Crippen molar-refractivity contribution >= 4 is 28.1 Å². The Labute approximate surface area is 154 Å². The summed E-state index contributed by atoms with van der Waals surface area (Å²) in [6.07, 6.45) is 0.207. The molecule has 1 aliphatic heterocycles. The Morgan fingerprint density at radius 2 is 2.15 bits per heavy atom. The third-order valence-electron chi connectivity index (χ3n) is 3.97. The summed E-state index contributed by atoms with van der Waals surface area (Å²) in [6.45, 7) is 5.70. The van der Waals surface area contributed by atoms with Crippen LogP contribution in [-0.2, 0) is 9.53 Å².